The monoisotopic (exact) mass is 230 g/mol. The van der Waals surface area contributed by atoms with E-state index in [0.29, 0.717) is 19.7 Å². The molecule has 0 aliphatic carbocycles. The second-order valence-electron chi connectivity index (χ2n) is 4.21. The van der Waals surface area contributed by atoms with E-state index in [-0.39, 0.29) is 18.6 Å². The van der Waals surface area contributed by atoms with Crippen LogP contribution in [0.2, 0.25) is 0 Å². The maximum Gasteiger partial charge on any atom is 0.239 e. The number of unbranched alkanes of at least 4 members (excludes halogenated alkanes) is 1. The third kappa shape index (κ3) is 3.73. The Balaban J connectivity index is 2.40. The average Bonchev–Trinajstić information content (AvgIpc) is 2.35. The van der Waals surface area contributed by atoms with Gasteiger partial charge in [0.1, 0.15) is 0 Å². The van der Waals surface area contributed by atoms with Crippen molar-refractivity contribution in [3.8, 4) is 0 Å². The normalized spacial score (nSPS) is 23.2. The second kappa shape index (κ2) is 6.83. The van der Waals surface area contributed by atoms with Crippen LogP contribution in [0.25, 0.3) is 0 Å². The quantitative estimate of drug-likeness (QED) is 0.681. The first-order valence-corrected chi connectivity index (χ1v) is 5.95. The van der Waals surface area contributed by atoms with Gasteiger partial charge in [0, 0.05) is 13.1 Å². The van der Waals surface area contributed by atoms with E-state index in [4.69, 9.17) is 15.6 Å². The van der Waals surface area contributed by atoms with Gasteiger partial charge < -0.3 is 20.5 Å². The van der Waals surface area contributed by atoms with Crippen LogP contribution in [0.5, 0.6) is 0 Å². The third-order valence-electron chi connectivity index (χ3n) is 2.84. The van der Waals surface area contributed by atoms with Crippen LogP contribution in [-0.2, 0) is 9.53 Å². The zero-order chi connectivity index (χ0) is 12.0. The van der Waals surface area contributed by atoms with Gasteiger partial charge in [-0.25, -0.2) is 0 Å². The first kappa shape index (κ1) is 13.4. The van der Waals surface area contributed by atoms with Gasteiger partial charge >= 0.3 is 0 Å². The number of hydrogen-bond donors (Lipinski definition) is 2. The number of ether oxygens (including phenoxy) is 1. The molecule has 1 heterocycles. The summed E-state index contributed by atoms with van der Waals surface area (Å²) in [6.45, 7) is 3.55. The average molecular weight is 230 g/mol. The third-order valence-corrected chi connectivity index (χ3v) is 2.84. The molecule has 1 rings (SSSR count). The zero-order valence-corrected chi connectivity index (χ0v) is 9.89. The van der Waals surface area contributed by atoms with Gasteiger partial charge in [-0.15, -0.1) is 0 Å². The van der Waals surface area contributed by atoms with E-state index in [1.807, 2.05) is 0 Å². The van der Waals surface area contributed by atoms with Gasteiger partial charge in [-0.1, -0.05) is 19.8 Å². The van der Waals surface area contributed by atoms with Crippen molar-refractivity contribution in [2.45, 2.75) is 38.3 Å². The highest BCUT2D eigenvalue weighted by Crippen LogP contribution is 2.08. The molecule has 1 amide bonds. The van der Waals surface area contributed by atoms with Gasteiger partial charge in [-0.2, -0.15) is 0 Å². The Hall–Kier alpha value is -0.650. The number of morpholine rings is 1. The number of amides is 1. The summed E-state index contributed by atoms with van der Waals surface area (Å²) in [5.41, 5.74) is 5.83. The molecule has 1 fully saturated rings. The molecule has 2 atom stereocenters. The molecule has 0 aromatic carbocycles. The van der Waals surface area contributed by atoms with Crippen molar-refractivity contribution in [1.29, 1.82) is 0 Å². The Morgan fingerprint density at radius 2 is 2.44 bits per heavy atom. The van der Waals surface area contributed by atoms with Gasteiger partial charge in [-0.05, 0) is 6.42 Å². The molecule has 1 saturated heterocycles. The molecular formula is C11H22N2O3. The predicted molar refractivity (Wildman–Crippen MR) is 60.9 cm³/mol. The van der Waals surface area contributed by atoms with Gasteiger partial charge in [-0.3, -0.25) is 4.79 Å². The van der Waals surface area contributed by atoms with E-state index in [0.717, 1.165) is 19.3 Å². The zero-order valence-electron chi connectivity index (χ0n) is 9.89. The van der Waals surface area contributed by atoms with Crippen LogP contribution in [0.1, 0.15) is 26.2 Å². The van der Waals surface area contributed by atoms with Gasteiger partial charge in [0.25, 0.3) is 0 Å². The number of aliphatic hydroxyl groups excluding tert-OH is 1. The smallest absolute Gasteiger partial charge is 0.239 e. The topological polar surface area (TPSA) is 75.8 Å². The number of carbonyl (C=O) groups is 1. The van der Waals surface area contributed by atoms with E-state index in [2.05, 4.69) is 6.92 Å². The lowest BCUT2D eigenvalue weighted by atomic mass is 10.1. The highest BCUT2D eigenvalue weighted by Gasteiger charge is 2.26. The van der Waals surface area contributed by atoms with Crippen LogP contribution in [0.3, 0.4) is 0 Å². The van der Waals surface area contributed by atoms with Gasteiger partial charge in [0.05, 0.1) is 25.4 Å². The van der Waals surface area contributed by atoms with Crippen LogP contribution >= 0.6 is 0 Å². The van der Waals surface area contributed by atoms with Gasteiger partial charge in [0.15, 0.2) is 0 Å². The van der Waals surface area contributed by atoms with Crippen LogP contribution < -0.4 is 5.73 Å². The van der Waals surface area contributed by atoms with E-state index in [1.54, 1.807) is 4.90 Å². The Morgan fingerprint density at radius 1 is 1.69 bits per heavy atom. The summed E-state index contributed by atoms with van der Waals surface area (Å²) in [5.74, 6) is -0.0183. The first-order valence-electron chi connectivity index (χ1n) is 5.95. The molecule has 0 aromatic heterocycles. The maximum atomic E-state index is 11.9. The number of carbonyl (C=O) groups excluding carboxylic acids is 1. The van der Waals surface area contributed by atoms with Crippen LogP contribution in [0, 0.1) is 0 Å². The summed E-state index contributed by atoms with van der Waals surface area (Å²) < 4.78 is 5.28. The van der Waals surface area contributed by atoms with Crippen LogP contribution in [-0.4, -0.2) is 54.4 Å². The summed E-state index contributed by atoms with van der Waals surface area (Å²) in [6, 6.07) is -0.405. The minimum absolute atomic E-state index is 0.0183. The molecular weight excluding hydrogens is 208 g/mol. The molecule has 1 aliphatic rings. The molecule has 0 spiro atoms. The first-order chi connectivity index (χ1) is 7.69. The van der Waals surface area contributed by atoms with Crippen molar-refractivity contribution < 1.29 is 14.6 Å². The molecule has 0 aromatic rings. The molecule has 0 radical (unpaired) electrons. The molecule has 5 nitrogen and oxygen atoms in total. The Kier molecular flexibility index (Phi) is 5.73. The predicted octanol–water partition coefficient (Wildman–Crippen LogP) is -0.276. The fourth-order valence-corrected chi connectivity index (χ4v) is 1.81. The van der Waals surface area contributed by atoms with Crippen molar-refractivity contribution in [3.63, 3.8) is 0 Å². The lowest BCUT2D eigenvalue weighted by Gasteiger charge is -2.33. The van der Waals surface area contributed by atoms with Gasteiger partial charge in [0.2, 0.25) is 5.91 Å². The molecule has 3 N–H and O–H groups in total. The minimum atomic E-state index is -0.405. The van der Waals surface area contributed by atoms with Crippen molar-refractivity contribution in [2.75, 3.05) is 26.3 Å². The standard InChI is InChI=1S/C11H22N2O3/c1-2-3-4-10(12)11(15)13-5-6-16-9(7-13)8-14/h9-10,14H,2-8,12H2,1H3. The highest BCUT2D eigenvalue weighted by molar-refractivity contribution is 5.81. The summed E-state index contributed by atoms with van der Waals surface area (Å²) in [7, 11) is 0. The Morgan fingerprint density at radius 3 is 3.06 bits per heavy atom. The largest absolute Gasteiger partial charge is 0.394 e. The molecule has 16 heavy (non-hydrogen) atoms. The van der Waals surface area contributed by atoms with Crippen molar-refractivity contribution >= 4 is 5.91 Å². The lowest BCUT2D eigenvalue weighted by Crippen LogP contribution is -2.52. The number of nitrogens with zero attached hydrogens (tertiary/aromatic N) is 1. The SMILES string of the molecule is CCCCC(N)C(=O)N1CCOC(CO)C1. The van der Waals surface area contributed by atoms with Crippen molar-refractivity contribution in [3.05, 3.63) is 0 Å². The number of nitrogens with two attached hydrogens (primary N) is 1. The Labute approximate surface area is 96.6 Å². The highest BCUT2D eigenvalue weighted by atomic mass is 16.5. The van der Waals surface area contributed by atoms with E-state index in [1.165, 1.54) is 0 Å². The molecule has 5 heteroatoms. The summed E-state index contributed by atoms with van der Waals surface area (Å²) in [6.07, 6.45) is 2.50. The summed E-state index contributed by atoms with van der Waals surface area (Å²) >= 11 is 0. The molecule has 94 valence electrons. The molecule has 0 bridgehead atoms. The van der Waals surface area contributed by atoms with E-state index in [9.17, 15) is 4.79 Å². The lowest BCUT2D eigenvalue weighted by molar-refractivity contribution is -0.141. The van der Waals surface area contributed by atoms with Crippen LogP contribution in [0.15, 0.2) is 0 Å². The van der Waals surface area contributed by atoms with E-state index >= 15 is 0 Å². The van der Waals surface area contributed by atoms with E-state index < -0.39 is 6.04 Å². The number of aliphatic hydroxyl groups is 1. The second-order valence-corrected chi connectivity index (χ2v) is 4.21. The molecule has 2 unspecified atom stereocenters. The Bertz CT molecular complexity index is 223. The molecule has 0 saturated carbocycles. The fraction of sp³-hybridized carbons (Fsp3) is 0.909. The number of rotatable bonds is 5. The van der Waals surface area contributed by atoms with Crippen molar-refractivity contribution in [2.24, 2.45) is 5.73 Å². The molecule has 1 aliphatic heterocycles. The summed E-state index contributed by atoms with van der Waals surface area (Å²) in [4.78, 5) is 13.6. The van der Waals surface area contributed by atoms with Crippen molar-refractivity contribution in [1.82, 2.24) is 4.90 Å². The number of hydrogen-bond acceptors (Lipinski definition) is 4. The maximum absolute atomic E-state index is 11.9. The minimum Gasteiger partial charge on any atom is -0.394 e. The fourth-order valence-electron chi connectivity index (χ4n) is 1.81. The summed E-state index contributed by atoms with van der Waals surface area (Å²) in [5, 5.41) is 8.98. The van der Waals surface area contributed by atoms with Crippen LogP contribution in [0.4, 0.5) is 0 Å².